The third-order valence-electron chi connectivity index (χ3n) is 3.47. The molecule has 1 aliphatic rings. The average molecular weight is 302 g/mol. The van der Waals surface area contributed by atoms with Gasteiger partial charge >= 0.3 is 5.69 Å². The van der Waals surface area contributed by atoms with E-state index < -0.39 is 4.92 Å². The Hall–Kier alpha value is -2.12. The van der Waals surface area contributed by atoms with Gasteiger partial charge in [0.1, 0.15) is 5.82 Å². The standard InChI is InChI=1S/C14H14N4O2S/c15-17-13-7-6-12(18(19)20)14(16-13)21-11-5-4-9-2-1-3-10(9)8-11/h4-8H,1-3,15H2,(H,16,17). The minimum absolute atomic E-state index is 0.0144. The second-order valence-electron chi connectivity index (χ2n) is 4.81. The van der Waals surface area contributed by atoms with Gasteiger partial charge < -0.3 is 5.43 Å². The smallest absolute Gasteiger partial charge is 0.301 e. The predicted molar refractivity (Wildman–Crippen MR) is 81.3 cm³/mol. The second kappa shape index (κ2) is 5.71. The topological polar surface area (TPSA) is 94.1 Å². The van der Waals surface area contributed by atoms with E-state index >= 15 is 0 Å². The summed E-state index contributed by atoms with van der Waals surface area (Å²) in [5.74, 6) is 5.73. The number of aryl methyl sites for hydroxylation is 2. The van der Waals surface area contributed by atoms with Gasteiger partial charge in [0.2, 0.25) is 0 Å². The van der Waals surface area contributed by atoms with Gasteiger partial charge in [-0.2, -0.15) is 0 Å². The van der Waals surface area contributed by atoms with Gasteiger partial charge in [-0.05, 0) is 48.6 Å². The SMILES string of the molecule is NNc1ccc([N+](=O)[O-])c(Sc2ccc3c(c2)CCC3)n1. The van der Waals surface area contributed by atoms with Crippen molar-refractivity contribution in [2.45, 2.75) is 29.2 Å². The fourth-order valence-electron chi connectivity index (χ4n) is 2.45. The molecule has 2 aromatic rings. The van der Waals surface area contributed by atoms with Crippen LogP contribution in [-0.2, 0) is 12.8 Å². The summed E-state index contributed by atoms with van der Waals surface area (Å²) in [6, 6.07) is 9.09. The maximum atomic E-state index is 11.1. The van der Waals surface area contributed by atoms with Crippen LogP contribution in [0, 0.1) is 10.1 Å². The van der Waals surface area contributed by atoms with Crippen LogP contribution in [0.4, 0.5) is 11.5 Å². The van der Waals surface area contributed by atoms with Gasteiger partial charge in [0.25, 0.3) is 0 Å². The molecule has 1 aromatic heterocycles. The van der Waals surface area contributed by atoms with Crippen LogP contribution in [0.3, 0.4) is 0 Å². The molecule has 0 bridgehead atoms. The molecule has 1 aliphatic carbocycles. The molecule has 7 heteroatoms. The van der Waals surface area contributed by atoms with Crippen LogP contribution in [0.2, 0.25) is 0 Å². The van der Waals surface area contributed by atoms with Gasteiger partial charge in [0.15, 0.2) is 5.03 Å². The molecule has 21 heavy (non-hydrogen) atoms. The summed E-state index contributed by atoms with van der Waals surface area (Å²) >= 11 is 1.29. The monoisotopic (exact) mass is 302 g/mol. The predicted octanol–water partition coefficient (Wildman–Crippen LogP) is 2.92. The van der Waals surface area contributed by atoms with Crippen molar-refractivity contribution < 1.29 is 4.92 Å². The Morgan fingerprint density at radius 3 is 2.81 bits per heavy atom. The average Bonchev–Trinajstić information content (AvgIpc) is 2.94. The molecule has 0 saturated carbocycles. The molecule has 0 spiro atoms. The summed E-state index contributed by atoms with van der Waals surface area (Å²) in [6.07, 6.45) is 3.36. The van der Waals surface area contributed by atoms with E-state index in [0.29, 0.717) is 10.8 Å². The first-order valence-electron chi connectivity index (χ1n) is 6.59. The molecular formula is C14H14N4O2S. The Balaban J connectivity index is 1.95. The molecule has 1 aromatic carbocycles. The molecule has 0 aliphatic heterocycles. The largest absolute Gasteiger partial charge is 0.308 e. The van der Waals surface area contributed by atoms with Crippen LogP contribution in [0.25, 0.3) is 0 Å². The van der Waals surface area contributed by atoms with E-state index in [1.54, 1.807) is 0 Å². The van der Waals surface area contributed by atoms with Gasteiger partial charge in [-0.3, -0.25) is 10.1 Å². The molecule has 0 fully saturated rings. The van der Waals surface area contributed by atoms with Crippen LogP contribution in [0.1, 0.15) is 17.5 Å². The Kier molecular flexibility index (Phi) is 3.76. The third kappa shape index (κ3) is 2.84. The van der Waals surface area contributed by atoms with Crippen molar-refractivity contribution in [2.75, 3.05) is 5.43 Å². The molecule has 1 heterocycles. The molecule has 108 valence electrons. The van der Waals surface area contributed by atoms with E-state index in [1.165, 1.54) is 41.4 Å². The Morgan fingerprint density at radius 2 is 2.05 bits per heavy atom. The summed E-state index contributed by atoms with van der Waals surface area (Å²) in [7, 11) is 0. The van der Waals surface area contributed by atoms with Crippen molar-refractivity contribution in [3.05, 3.63) is 51.6 Å². The number of aromatic nitrogens is 1. The number of rotatable bonds is 4. The number of nitrogens with one attached hydrogen (secondary N) is 1. The van der Waals surface area contributed by atoms with Gasteiger partial charge in [0.05, 0.1) is 4.92 Å². The number of hydrogen-bond acceptors (Lipinski definition) is 6. The van der Waals surface area contributed by atoms with Crippen molar-refractivity contribution in [1.82, 2.24) is 4.98 Å². The number of benzene rings is 1. The number of hydrogen-bond donors (Lipinski definition) is 2. The summed E-state index contributed by atoms with van der Waals surface area (Å²) in [5.41, 5.74) is 5.10. The van der Waals surface area contributed by atoms with E-state index in [2.05, 4.69) is 22.5 Å². The van der Waals surface area contributed by atoms with E-state index in [0.717, 1.165) is 17.7 Å². The van der Waals surface area contributed by atoms with E-state index in [1.807, 2.05) is 6.07 Å². The highest BCUT2D eigenvalue weighted by Crippen LogP contribution is 2.36. The zero-order valence-electron chi connectivity index (χ0n) is 11.2. The summed E-state index contributed by atoms with van der Waals surface area (Å²) < 4.78 is 0. The molecule has 3 N–H and O–H groups in total. The molecule has 0 radical (unpaired) electrons. The van der Waals surface area contributed by atoms with Gasteiger partial charge in [0, 0.05) is 11.0 Å². The van der Waals surface area contributed by atoms with Crippen molar-refractivity contribution in [3.8, 4) is 0 Å². The number of nitrogens with two attached hydrogens (primary N) is 1. The van der Waals surface area contributed by atoms with Crippen molar-refractivity contribution in [1.29, 1.82) is 0 Å². The summed E-state index contributed by atoms with van der Waals surface area (Å²) in [4.78, 5) is 15.8. The first-order valence-corrected chi connectivity index (χ1v) is 7.41. The van der Waals surface area contributed by atoms with Crippen LogP contribution in [0.5, 0.6) is 0 Å². The first-order chi connectivity index (χ1) is 10.2. The minimum Gasteiger partial charge on any atom is -0.308 e. The lowest BCUT2D eigenvalue weighted by Gasteiger charge is -2.06. The Labute approximate surface area is 125 Å². The first kappa shape index (κ1) is 13.8. The Morgan fingerprint density at radius 1 is 1.24 bits per heavy atom. The molecule has 0 amide bonds. The fraction of sp³-hybridized carbons (Fsp3) is 0.214. The molecule has 3 rings (SSSR count). The summed E-state index contributed by atoms with van der Waals surface area (Å²) in [6.45, 7) is 0. The number of nitrogens with zero attached hydrogens (tertiary/aromatic N) is 2. The lowest BCUT2D eigenvalue weighted by Crippen LogP contribution is -2.09. The molecule has 0 unspecified atom stereocenters. The number of nitro groups is 1. The quantitative estimate of drug-likeness (QED) is 0.512. The number of anilines is 1. The fourth-order valence-corrected chi connectivity index (χ4v) is 3.40. The van der Waals surface area contributed by atoms with Gasteiger partial charge in [-0.25, -0.2) is 10.8 Å². The summed E-state index contributed by atoms with van der Waals surface area (Å²) in [5, 5.41) is 11.4. The number of fused-ring (bicyclic) bond motifs is 1. The van der Waals surface area contributed by atoms with E-state index in [9.17, 15) is 10.1 Å². The lowest BCUT2D eigenvalue weighted by atomic mass is 10.1. The molecule has 0 atom stereocenters. The molecular weight excluding hydrogens is 288 g/mol. The zero-order valence-corrected chi connectivity index (χ0v) is 12.0. The number of nitrogen functional groups attached to an aromatic ring is 1. The number of pyridine rings is 1. The third-order valence-corrected chi connectivity index (χ3v) is 4.45. The van der Waals surface area contributed by atoms with Crippen LogP contribution < -0.4 is 11.3 Å². The van der Waals surface area contributed by atoms with Crippen molar-refractivity contribution in [3.63, 3.8) is 0 Å². The molecule has 0 saturated heterocycles. The zero-order chi connectivity index (χ0) is 14.8. The maximum Gasteiger partial charge on any atom is 0.301 e. The normalized spacial score (nSPS) is 13.0. The number of hydrazine groups is 1. The molecule has 6 nitrogen and oxygen atoms in total. The van der Waals surface area contributed by atoms with Crippen LogP contribution >= 0.6 is 11.8 Å². The van der Waals surface area contributed by atoms with Gasteiger partial charge in [-0.15, -0.1) is 0 Å². The lowest BCUT2D eigenvalue weighted by molar-refractivity contribution is -0.388. The maximum absolute atomic E-state index is 11.1. The van der Waals surface area contributed by atoms with E-state index in [4.69, 9.17) is 5.84 Å². The van der Waals surface area contributed by atoms with Gasteiger partial charge in [-0.1, -0.05) is 17.8 Å². The highest BCUT2D eigenvalue weighted by molar-refractivity contribution is 7.99. The van der Waals surface area contributed by atoms with Crippen LogP contribution in [0.15, 0.2) is 40.3 Å². The Bertz CT molecular complexity index is 705. The minimum atomic E-state index is -0.428. The van der Waals surface area contributed by atoms with Crippen molar-refractivity contribution in [2.24, 2.45) is 5.84 Å². The van der Waals surface area contributed by atoms with Crippen molar-refractivity contribution >= 4 is 23.3 Å². The second-order valence-corrected chi connectivity index (χ2v) is 5.87. The van der Waals surface area contributed by atoms with Crippen LogP contribution in [-0.4, -0.2) is 9.91 Å². The highest BCUT2D eigenvalue weighted by atomic mass is 32.2. The van der Waals surface area contributed by atoms with E-state index in [-0.39, 0.29) is 5.69 Å². The highest BCUT2D eigenvalue weighted by Gasteiger charge is 2.18.